The first kappa shape index (κ1) is 32.9. The van der Waals surface area contributed by atoms with Crippen LogP contribution in [0.15, 0.2) is 108 Å². The van der Waals surface area contributed by atoms with Crippen LogP contribution in [0.3, 0.4) is 0 Å². The summed E-state index contributed by atoms with van der Waals surface area (Å²) in [5.74, 6) is -0.675. The van der Waals surface area contributed by atoms with Gasteiger partial charge in [0.15, 0.2) is 0 Å². The molecule has 8 heteroatoms. The number of nitrogens with zero attached hydrogens (tertiary/aromatic N) is 2. The SMILES string of the molecule is Cc1ccc(S(=O)(=O)N(CC(=O)N(Cc2ccccc2C)[C@H](Cc2ccccc2)C(=O)NC2CCCC2)c2ccccc2C)cc1. The first-order valence-electron chi connectivity index (χ1n) is 16.0. The second-order valence-corrected chi connectivity index (χ2v) is 14.1. The number of aryl methyl sites for hydroxylation is 3. The molecule has 1 aliphatic carbocycles. The van der Waals surface area contributed by atoms with Crippen molar-refractivity contribution in [3.8, 4) is 0 Å². The van der Waals surface area contributed by atoms with Crippen LogP contribution in [0.2, 0.25) is 0 Å². The lowest BCUT2D eigenvalue weighted by molar-refractivity contribution is -0.140. The van der Waals surface area contributed by atoms with Gasteiger partial charge in [0, 0.05) is 19.0 Å². The molecular formula is C38H43N3O4S. The lowest BCUT2D eigenvalue weighted by Gasteiger charge is -2.35. The van der Waals surface area contributed by atoms with Gasteiger partial charge in [-0.15, -0.1) is 0 Å². The number of carbonyl (C=O) groups excluding carboxylic acids is 2. The van der Waals surface area contributed by atoms with Gasteiger partial charge in [0.05, 0.1) is 10.6 Å². The molecule has 1 fully saturated rings. The van der Waals surface area contributed by atoms with Gasteiger partial charge in [0.2, 0.25) is 11.8 Å². The Hall–Kier alpha value is -4.43. The quantitative estimate of drug-likeness (QED) is 0.192. The van der Waals surface area contributed by atoms with E-state index in [0.717, 1.165) is 53.5 Å². The molecule has 0 unspecified atom stereocenters. The van der Waals surface area contributed by atoms with Gasteiger partial charge >= 0.3 is 0 Å². The fraction of sp³-hybridized carbons (Fsp3) is 0.316. The summed E-state index contributed by atoms with van der Waals surface area (Å²) in [6, 6.07) is 30.4. The number of para-hydroxylation sites is 1. The minimum absolute atomic E-state index is 0.0616. The Labute approximate surface area is 273 Å². The zero-order valence-corrected chi connectivity index (χ0v) is 27.7. The van der Waals surface area contributed by atoms with E-state index in [0.29, 0.717) is 12.1 Å². The van der Waals surface area contributed by atoms with Crippen molar-refractivity contribution < 1.29 is 18.0 Å². The summed E-state index contributed by atoms with van der Waals surface area (Å²) in [6.07, 6.45) is 4.23. The summed E-state index contributed by atoms with van der Waals surface area (Å²) in [6.45, 7) is 5.40. The molecule has 0 bridgehead atoms. The highest BCUT2D eigenvalue weighted by molar-refractivity contribution is 7.92. The number of carbonyl (C=O) groups is 2. The van der Waals surface area contributed by atoms with Crippen LogP contribution in [0.5, 0.6) is 0 Å². The summed E-state index contributed by atoms with van der Waals surface area (Å²) in [5.41, 5.74) is 4.86. The molecule has 5 rings (SSSR count). The van der Waals surface area contributed by atoms with Crippen LogP contribution >= 0.6 is 0 Å². The summed E-state index contributed by atoms with van der Waals surface area (Å²) in [4.78, 5) is 30.5. The number of benzene rings is 4. The van der Waals surface area contributed by atoms with Crippen molar-refractivity contribution in [3.63, 3.8) is 0 Å². The molecule has 4 aromatic rings. The van der Waals surface area contributed by atoms with Crippen molar-refractivity contribution in [2.75, 3.05) is 10.8 Å². The van der Waals surface area contributed by atoms with E-state index in [1.165, 1.54) is 4.31 Å². The normalized spacial score (nSPS) is 14.1. The molecule has 1 N–H and O–H groups in total. The Morgan fingerprint density at radius 1 is 0.783 bits per heavy atom. The van der Waals surface area contributed by atoms with Gasteiger partial charge in [-0.3, -0.25) is 13.9 Å². The molecule has 4 aromatic carbocycles. The summed E-state index contributed by atoms with van der Waals surface area (Å²) in [5, 5.41) is 3.23. The van der Waals surface area contributed by atoms with Crippen LogP contribution < -0.4 is 9.62 Å². The Balaban J connectivity index is 1.58. The van der Waals surface area contributed by atoms with E-state index in [4.69, 9.17) is 0 Å². The van der Waals surface area contributed by atoms with Crippen molar-refractivity contribution >= 4 is 27.5 Å². The monoisotopic (exact) mass is 637 g/mol. The van der Waals surface area contributed by atoms with E-state index in [-0.39, 0.29) is 23.4 Å². The zero-order valence-electron chi connectivity index (χ0n) is 26.9. The number of hydrogen-bond donors (Lipinski definition) is 1. The van der Waals surface area contributed by atoms with E-state index < -0.39 is 28.5 Å². The molecule has 0 aromatic heterocycles. The van der Waals surface area contributed by atoms with Gasteiger partial charge in [-0.05, 0) is 74.1 Å². The maximum atomic E-state index is 14.7. The standard InChI is InChI=1S/C38H43N3O4S/c1-28-21-23-34(24-22-28)46(44,45)41(35-20-12-8-14-30(35)3)27-37(42)40(26-32-17-9-7-13-29(32)2)36(25-31-15-5-4-6-16-31)38(43)39-33-18-10-11-19-33/h4-9,12-17,20-24,33,36H,10-11,18-19,25-27H2,1-3H3,(H,39,43)/t36-/m1/s1. The highest BCUT2D eigenvalue weighted by atomic mass is 32.2. The predicted molar refractivity (Wildman–Crippen MR) is 183 cm³/mol. The second-order valence-electron chi connectivity index (χ2n) is 12.3. The third kappa shape index (κ3) is 7.85. The molecular weight excluding hydrogens is 595 g/mol. The number of nitrogens with one attached hydrogen (secondary N) is 1. The average molecular weight is 638 g/mol. The van der Waals surface area contributed by atoms with Crippen molar-refractivity contribution in [2.24, 2.45) is 0 Å². The van der Waals surface area contributed by atoms with Crippen LogP contribution in [0.25, 0.3) is 0 Å². The van der Waals surface area contributed by atoms with Gasteiger partial charge in [0.1, 0.15) is 12.6 Å². The van der Waals surface area contributed by atoms with Gasteiger partial charge in [-0.25, -0.2) is 8.42 Å². The Morgan fingerprint density at radius 2 is 1.39 bits per heavy atom. The van der Waals surface area contributed by atoms with E-state index >= 15 is 0 Å². The third-order valence-electron chi connectivity index (χ3n) is 8.85. The van der Waals surface area contributed by atoms with E-state index in [9.17, 15) is 18.0 Å². The minimum Gasteiger partial charge on any atom is -0.352 e. The summed E-state index contributed by atoms with van der Waals surface area (Å²) < 4.78 is 29.7. The molecule has 46 heavy (non-hydrogen) atoms. The zero-order chi connectivity index (χ0) is 32.7. The molecule has 0 heterocycles. The fourth-order valence-corrected chi connectivity index (χ4v) is 7.57. The summed E-state index contributed by atoms with van der Waals surface area (Å²) >= 11 is 0. The first-order valence-corrected chi connectivity index (χ1v) is 17.4. The number of sulfonamides is 1. The van der Waals surface area contributed by atoms with Gasteiger partial charge in [-0.2, -0.15) is 0 Å². The molecule has 1 atom stereocenters. The topological polar surface area (TPSA) is 86.8 Å². The highest BCUT2D eigenvalue weighted by Crippen LogP contribution is 2.28. The van der Waals surface area contributed by atoms with Crippen LogP contribution in [-0.4, -0.2) is 43.8 Å². The lowest BCUT2D eigenvalue weighted by atomic mass is 10.0. The summed E-state index contributed by atoms with van der Waals surface area (Å²) in [7, 11) is -4.14. The fourth-order valence-electron chi connectivity index (χ4n) is 6.09. The predicted octanol–water partition coefficient (Wildman–Crippen LogP) is 6.51. The molecule has 0 spiro atoms. The highest BCUT2D eigenvalue weighted by Gasteiger charge is 2.36. The molecule has 0 saturated heterocycles. The minimum atomic E-state index is -4.14. The molecule has 2 amide bonds. The van der Waals surface area contributed by atoms with Crippen LogP contribution in [0.1, 0.15) is 53.5 Å². The molecule has 7 nitrogen and oxygen atoms in total. The molecule has 1 aliphatic rings. The molecule has 0 aliphatic heterocycles. The van der Waals surface area contributed by atoms with Crippen LogP contribution in [0, 0.1) is 20.8 Å². The van der Waals surface area contributed by atoms with Crippen LogP contribution in [0.4, 0.5) is 5.69 Å². The molecule has 0 radical (unpaired) electrons. The number of amides is 2. The van der Waals surface area contributed by atoms with Crippen molar-refractivity contribution in [1.29, 1.82) is 0 Å². The molecule has 1 saturated carbocycles. The van der Waals surface area contributed by atoms with E-state index in [1.807, 2.05) is 87.5 Å². The third-order valence-corrected chi connectivity index (χ3v) is 10.6. The van der Waals surface area contributed by atoms with Crippen molar-refractivity contribution in [1.82, 2.24) is 10.2 Å². The first-order chi connectivity index (χ1) is 22.1. The van der Waals surface area contributed by atoms with Gasteiger partial charge in [0.25, 0.3) is 10.0 Å². The lowest BCUT2D eigenvalue weighted by Crippen LogP contribution is -2.54. The largest absolute Gasteiger partial charge is 0.352 e. The van der Waals surface area contributed by atoms with Crippen LogP contribution in [-0.2, 0) is 32.6 Å². The maximum Gasteiger partial charge on any atom is 0.264 e. The average Bonchev–Trinajstić information content (AvgIpc) is 3.56. The Kier molecular flexibility index (Phi) is 10.6. The smallest absolute Gasteiger partial charge is 0.264 e. The Bertz CT molecular complexity index is 1750. The van der Waals surface area contributed by atoms with Crippen molar-refractivity contribution in [2.45, 2.75) is 76.4 Å². The number of anilines is 1. The van der Waals surface area contributed by atoms with E-state index in [1.54, 1.807) is 41.3 Å². The second kappa shape index (κ2) is 14.8. The Morgan fingerprint density at radius 3 is 2.04 bits per heavy atom. The number of hydrogen-bond acceptors (Lipinski definition) is 4. The number of rotatable bonds is 12. The van der Waals surface area contributed by atoms with Gasteiger partial charge in [-0.1, -0.05) is 103 Å². The van der Waals surface area contributed by atoms with E-state index in [2.05, 4.69) is 5.32 Å². The maximum absolute atomic E-state index is 14.7. The van der Waals surface area contributed by atoms with Gasteiger partial charge < -0.3 is 10.2 Å². The van der Waals surface area contributed by atoms with Crippen molar-refractivity contribution in [3.05, 3.63) is 131 Å². The molecule has 240 valence electrons.